The van der Waals surface area contributed by atoms with Crippen molar-refractivity contribution in [1.29, 1.82) is 0 Å². The number of benzene rings is 1. The van der Waals surface area contributed by atoms with Crippen LogP contribution in [0.2, 0.25) is 10.0 Å². The van der Waals surface area contributed by atoms with Crippen molar-refractivity contribution in [3.8, 4) is 0 Å². The monoisotopic (exact) mass is 358 g/mol. The molecule has 0 bridgehead atoms. The minimum atomic E-state index is -0.0709. The zero-order valence-electron chi connectivity index (χ0n) is 13.5. The van der Waals surface area contributed by atoms with Crippen LogP contribution in [0.25, 0.3) is 0 Å². The molecule has 1 aromatic rings. The van der Waals surface area contributed by atoms with Crippen LogP contribution in [-0.4, -0.2) is 43.2 Å². The van der Waals surface area contributed by atoms with Crippen molar-refractivity contribution in [3.05, 3.63) is 28.2 Å². The molecule has 1 aliphatic rings. The Morgan fingerprint density at radius 2 is 2.22 bits per heavy atom. The number of anilines is 1. The average molecular weight is 359 g/mol. The van der Waals surface area contributed by atoms with Gasteiger partial charge in [0.25, 0.3) is 0 Å². The quantitative estimate of drug-likeness (QED) is 0.793. The van der Waals surface area contributed by atoms with Gasteiger partial charge in [0.05, 0.1) is 23.4 Å². The van der Waals surface area contributed by atoms with Crippen molar-refractivity contribution in [2.45, 2.75) is 38.7 Å². The standard InChI is InChI=1S/C17H24Cl2N2O2/c1-2-8-21(11-14-5-3-4-9-23-14)12-17(22)20-16-7-6-13(18)10-15(16)19/h6-7,10,14H,2-5,8-9,11-12H2,1H3,(H,20,22). The van der Waals surface area contributed by atoms with Gasteiger partial charge < -0.3 is 10.1 Å². The van der Waals surface area contributed by atoms with E-state index in [2.05, 4.69) is 17.1 Å². The number of nitrogens with one attached hydrogen (secondary N) is 1. The van der Waals surface area contributed by atoms with Gasteiger partial charge in [0.1, 0.15) is 0 Å². The predicted octanol–water partition coefficient (Wildman–Crippen LogP) is 4.21. The first kappa shape index (κ1) is 18.5. The first-order valence-corrected chi connectivity index (χ1v) is 8.93. The van der Waals surface area contributed by atoms with Gasteiger partial charge in [-0.05, 0) is 50.4 Å². The molecule has 1 heterocycles. The zero-order chi connectivity index (χ0) is 16.7. The Balaban J connectivity index is 1.88. The highest BCUT2D eigenvalue weighted by molar-refractivity contribution is 6.36. The number of ether oxygens (including phenoxy) is 1. The minimum Gasteiger partial charge on any atom is -0.377 e. The molecule has 1 aromatic carbocycles. The van der Waals surface area contributed by atoms with E-state index in [1.165, 1.54) is 6.42 Å². The summed E-state index contributed by atoms with van der Waals surface area (Å²) in [5, 5.41) is 3.85. The third kappa shape index (κ3) is 6.30. The van der Waals surface area contributed by atoms with Crippen molar-refractivity contribution in [1.82, 2.24) is 4.90 Å². The van der Waals surface area contributed by atoms with Gasteiger partial charge in [-0.3, -0.25) is 9.69 Å². The van der Waals surface area contributed by atoms with Gasteiger partial charge in [-0.2, -0.15) is 0 Å². The smallest absolute Gasteiger partial charge is 0.238 e. The molecule has 2 rings (SSSR count). The summed E-state index contributed by atoms with van der Waals surface area (Å²) >= 11 is 12.0. The second-order valence-corrected chi connectivity index (χ2v) is 6.74. The summed E-state index contributed by atoms with van der Waals surface area (Å²) in [5.74, 6) is -0.0709. The van der Waals surface area contributed by atoms with E-state index in [9.17, 15) is 4.79 Å². The van der Waals surface area contributed by atoms with E-state index >= 15 is 0 Å². The number of halogens is 2. The Morgan fingerprint density at radius 1 is 1.39 bits per heavy atom. The van der Waals surface area contributed by atoms with Crippen molar-refractivity contribution >= 4 is 34.8 Å². The van der Waals surface area contributed by atoms with Gasteiger partial charge in [0.15, 0.2) is 0 Å². The molecule has 1 aliphatic heterocycles. The number of rotatable bonds is 7. The number of carbonyl (C=O) groups excluding carboxylic acids is 1. The van der Waals surface area contributed by atoms with Crippen LogP contribution in [0.3, 0.4) is 0 Å². The maximum absolute atomic E-state index is 12.3. The van der Waals surface area contributed by atoms with E-state index in [0.29, 0.717) is 22.3 Å². The molecule has 23 heavy (non-hydrogen) atoms. The van der Waals surface area contributed by atoms with Crippen LogP contribution in [-0.2, 0) is 9.53 Å². The van der Waals surface area contributed by atoms with Crippen molar-refractivity contribution in [2.24, 2.45) is 0 Å². The summed E-state index contributed by atoms with van der Waals surface area (Å²) in [7, 11) is 0. The molecule has 4 nitrogen and oxygen atoms in total. The summed E-state index contributed by atoms with van der Waals surface area (Å²) < 4.78 is 5.78. The van der Waals surface area contributed by atoms with Crippen LogP contribution < -0.4 is 5.32 Å². The van der Waals surface area contributed by atoms with E-state index in [1.54, 1.807) is 18.2 Å². The highest BCUT2D eigenvalue weighted by Crippen LogP contribution is 2.25. The molecule has 1 saturated heterocycles. The topological polar surface area (TPSA) is 41.6 Å². The maximum atomic E-state index is 12.3. The molecule has 0 saturated carbocycles. The molecule has 1 atom stereocenters. The van der Waals surface area contributed by atoms with Crippen molar-refractivity contribution in [3.63, 3.8) is 0 Å². The fraction of sp³-hybridized carbons (Fsp3) is 0.588. The summed E-state index contributed by atoms with van der Waals surface area (Å²) in [6.45, 7) is 4.96. The van der Waals surface area contributed by atoms with Crippen LogP contribution in [0.15, 0.2) is 18.2 Å². The van der Waals surface area contributed by atoms with Gasteiger partial charge in [0.2, 0.25) is 5.91 Å². The molecule has 1 unspecified atom stereocenters. The van der Waals surface area contributed by atoms with Gasteiger partial charge in [-0.15, -0.1) is 0 Å². The van der Waals surface area contributed by atoms with E-state index in [-0.39, 0.29) is 12.0 Å². The fourth-order valence-electron chi connectivity index (χ4n) is 2.77. The van der Waals surface area contributed by atoms with E-state index in [1.807, 2.05) is 0 Å². The van der Waals surface area contributed by atoms with Crippen LogP contribution in [0.5, 0.6) is 0 Å². The third-order valence-corrected chi connectivity index (χ3v) is 4.40. The molecular formula is C17H24Cl2N2O2. The summed E-state index contributed by atoms with van der Waals surface area (Å²) in [4.78, 5) is 14.4. The molecule has 1 amide bonds. The lowest BCUT2D eigenvalue weighted by atomic mass is 10.1. The van der Waals surface area contributed by atoms with Gasteiger partial charge in [-0.25, -0.2) is 0 Å². The first-order valence-electron chi connectivity index (χ1n) is 8.17. The van der Waals surface area contributed by atoms with E-state index < -0.39 is 0 Å². The zero-order valence-corrected chi connectivity index (χ0v) is 15.0. The Labute approximate surface area is 148 Å². The number of hydrogen-bond donors (Lipinski definition) is 1. The first-order chi connectivity index (χ1) is 11.1. The Kier molecular flexibility index (Phi) is 7.63. The third-order valence-electron chi connectivity index (χ3n) is 3.85. The molecule has 0 radical (unpaired) electrons. The highest BCUT2D eigenvalue weighted by Gasteiger charge is 2.19. The highest BCUT2D eigenvalue weighted by atomic mass is 35.5. The summed E-state index contributed by atoms with van der Waals surface area (Å²) in [5.41, 5.74) is 0.589. The predicted molar refractivity (Wildman–Crippen MR) is 95.4 cm³/mol. The number of amides is 1. The van der Waals surface area contributed by atoms with Gasteiger partial charge in [-0.1, -0.05) is 30.1 Å². The minimum absolute atomic E-state index is 0.0709. The van der Waals surface area contributed by atoms with Crippen molar-refractivity contribution in [2.75, 3.05) is 31.6 Å². The molecule has 1 fully saturated rings. The summed E-state index contributed by atoms with van der Waals surface area (Å²) in [6.07, 6.45) is 4.66. The SMILES string of the molecule is CCCN(CC(=O)Nc1ccc(Cl)cc1Cl)CC1CCCCO1. The van der Waals surface area contributed by atoms with Crippen molar-refractivity contribution < 1.29 is 9.53 Å². The molecular weight excluding hydrogens is 335 g/mol. The molecule has 0 spiro atoms. The Bertz CT molecular complexity index is 519. The molecule has 128 valence electrons. The van der Waals surface area contributed by atoms with E-state index in [0.717, 1.165) is 39.0 Å². The maximum Gasteiger partial charge on any atom is 0.238 e. The lowest BCUT2D eigenvalue weighted by Gasteiger charge is -2.29. The lowest BCUT2D eigenvalue weighted by molar-refractivity contribution is -0.118. The number of nitrogens with zero attached hydrogens (tertiary/aromatic N) is 1. The average Bonchev–Trinajstić information content (AvgIpc) is 2.51. The number of carbonyl (C=O) groups is 1. The van der Waals surface area contributed by atoms with Crippen LogP contribution in [0.1, 0.15) is 32.6 Å². The summed E-state index contributed by atoms with van der Waals surface area (Å²) in [6, 6.07) is 5.05. The second-order valence-electron chi connectivity index (χ2n) is 5.90. The van der Waals surface area contributed by atoms with Crippen LogP contribution in [0, 0.1) is 0 Å². The molecule has 1 N–H and O–H groups in total. The Hall–Kier alpha value is -0.810. The van der Waals surface area contributed by atoms with Crippen LogP contribution >= 0.6 is 23.2 Å². The molecule has 6 heteroatoms. The van der Waals surface area contributed by atoms with Gasteiger partial charge >= 0.3 is 0 Å². The normalized spacial score (nSPS) is 18.2. The molecule has 0 aliphatic carbocycles. The largest absolute Gasteiger partial charge is 0.377 e. The van der Waals surface area contributed by atoms with Gasteiger partial charge in [0, 0.05) is 18.2 Å². The fourth-order valence-corrected chi connectivity index (χ4v) is 3.23. The number of hydrogen-bond acceptors (Lipinski definition) is 3. The lowest BCUT2D eigenvalue weighted by Crippen LogP contribution is -2.40. The van der Waals surface area contributed by atoms with E-state index in [4.69, 9.17) is 27.9 Å². The second kappa shape index (κ2) is 9.48. The van der Waals surface area contributed by atoms with Crippen LogP contribution in [0.4, 0.5) is 5.69 Å². The Morgan fingerprint density at radius 3 is 2.87 bits per heavy atom. The molecule has 0 aromatic heterocycles.